The van der Waals surface area contributed by atoms with Gasteiger partial charge < -0.3 is 14.6 Å². The van der Waals surface area contributed by atoms with Crippen molar-refractivity contribution in [3.63, 3.8) is 0 Å². The Hall–Kier alpha value is -2.30. The van der Waals surface area contributed by atoms with Gasteiger partial charge >= 0.3 is 5.97 Å². The number of aryl methyl sites for hydroxylation is 1. The number of para-hydroxylation sites is 1. The molecule has 5 nitrogen and oxygen atoms in total. The van der Waals surface area contributed by atoms with Gasteiger partial charge in [-0.1, -0.05) is 18.2 Å². The molecule has 1 amide bonds. The Kier molecular flexibility index (Phi) is 4.08. The van der Waals surface area contributed by atoms with E-state index < -0.39 is 0 Å². The minimum absolute atomic E-state index is 0.0937. The van der Waals surface area contributed by atoms with Crippen molar-refractivity contribution in [1.29, 1.82) is 0 Å². The minimum atomic E-state index is -0.319. The Morgan fingerprint density at radius 2 is 2.00 bits per heavy atom. The Labute approximate surface area is 117 Å². The first-order valence-electron chi connectivity index (χ1n) is 6.44. The van der Waals surface area contributed by atoms with Crippen molar-refractivity contribution >= 4 is 22.8 Å². The predicted octanol–water partition coefficient (Wildman–Crippen LogP) is 2.11. The summed E-state index contributed by atoms with van der Waals surface area (Å²) < 4.78 is 4.58. The number of carbonyl (C=O) groups excluding carboxylic acids is 2. The van der Waals surface area contributed by atoms with Crippen LogP contribution in [0.25, 0.3) is 10.9 Å². The van der Waals surface area contributed by atoms with Crippen molar-refractivity contribution in [3.05, 3.63) is 35.5 Å². The fraction of sp³-hybridized carbons (Fsp3) is 0.333. The lowest BCUT2D eigenvalue weighted by atomic mass is 10.1. The number of benzene rings is 1. The molecular weight excluding hydrogens is 256 g/mol. The third-order valence-corrected chi connectivity index (χ3v) is 3.33. The molecule has 2 rings (SSSR count). The van der Waals surface area contributed by atoms with Crippen molar-refractivity contribution in [1.82, 2.24) is 9.88 Å². The second-order valence-electron chi connectivity index (χ2n) is 4.72. The van der Waals surface area contributed by atoms with E-state index in [0.29, 0.717) is 12.1 Å². The number of carbonyl (C=O) groups is 2. The standard InChI is InChI=1S/C15H18N2O3/c1-10-14(11-6-4-5-7-12(11)16-10)15(19)17(2)9-8-13(18)20-3/h4-7,16H,8-9H2,1-3H3. The zero-order valence-electron chi connectivity index (χ0n) is 11.9. The molecule has 5 heteroatoms. The van der Waals surface area contributed by atoms with Gasteiger partial charge in [0.1, 0.15) is 0 Å². The zero-order chi connectivity index (χ0) is 14.7. The van der Waals surface area contributed by atoms with Crippen LogP contribution in [0, 0.1) is 6.92 Å². The number of nitrogens with one attached hydrogen (secondary N) is 1. The monoisotopic (exact) mass is 274 g/mol. The van der Waals surface area contributed by atoms with E-state index in [9.17, 15) is 9.59 Å². The highest BCUT2D eigenvalue weighted by Crippen LogP contribution is 2.23. The maximum atomic E-state index is 12.5. The number of amides is 1. The molecule has 1 N–H and O–H groups in total. The number of hydrogen-bond donors (Lipinski definition) is 1. The molecule has 1 heterocycles. The van der Waals surface area contributed by atoms with Crippen LogP contribution in [0.5, 0.6) is 0 Å². The van der Waals surface area contributed by atoms with Crippen LogP contribution in [-0.2, 0) is 9.53 Å². The molecule has 106 valence electrons. The van der Waals surface area contributed by atoms with Gasteiger partial charge in [-0.3, -0.25) is 9.59 Å². The van der Waals surface area contributed by atoms with Crippen LogP contribution in [0.3, 0.4) is 0 Å². The van der Waals surface area contributed by atoms with Gasteiger partial charge in [0.05, 0.1) is 19.1 Å². The van der Waals surface area contributed by atoms with Crippen molar-refractivity contribution in [3.8, 4) is 0 Å². The number of H-pyrrole nitrogens is 1. The molecule has 20 heavy (non-hydrogen) atoms. The summed E-state index contributed by atoms with van der Waals surface area (Å²) in [4.78, 5) is 28.4. The number of esters is 1. The maximum absolute atomic E-state index is 12.5. The van der Waals surface area contributed by atoms with Crippen molar-refractivity contribution < 1.29 is 14.3 Å². The molecule has 0 aliphatic heterocycles. The van der Waals surface area contributed by atoms with E-state index in [1.807, 2.05) is 31.2 Å². The number of methoxy groups -OCH3 is 1. The molecule has 0 bridgehead atoms. The van der Waals surface area contributed by atoms with Gasteiger partial charge in [0, 0.05) is 30.2 Å². The summed E-state index contributed by atoms with van der Waals surface area (Å²) in [5.41, 5.74) is 2.43. The van der Waals surface area contributed by atoms with E-state index in [2.05, 4.69) is 9.72 Å². The second kappa shape index (κ2) is 5.77. The highest BCUT2D eigenvalue weighted by molar-refractivity contribution is 6.08. The minimum Gasteiger partial charge on any atom is -0.469 e. The summed E-state index contributed by atoms with van der Waals surface area (Å²) in [6, 6.07) is 7.68. The molecule has 0 spiro atoms. The Bertz CT molecular complexity index is 646. The number of rotatable bonds is 4. The van der Waals surface area contributed by atoms with Gasteiger partial charge in [-0.15, -0.1) is 0 Å². The first kappa shape index (κ1) is 14.1. The lowest BCUT2D eigenvalue weighted by Gasteiger charge is -2.16. The Morgan fingerprint density at radius 1 is 1.30 bits per heavy atom. The van der Waals surface area contributed by atoms with E-state index in [-0.39, 0.29) is 18.3 Å². The van der Waals surface area contributed by atoms with Crippen molar-refractivity contribution in [2.75, 3.05) is 20.7 Å². The Morgan fingerprint density at radius 3 is 2.70 bits per heavy atom. The van der Waals surface area contributed by atoms with Gasteiger partial charge in [-0.2, -0.15) is 0 Å². The quantitative estimate of drug-likeness (QED) is 0.869. The average Bonchev–Trinajstić information content (AvgIpc) is 2.79. The smallest absolute Gasteiger partial charge is 0.307 e. The highest BCUT2D eigenvalue weighted by atomic mass is 16.5. The molecule has 0 unspecified atom stereocenters. The molecule has 0 aliphatic carbocycles. The topological polar surface area (TPSA) is 62.4 Å². The molecule has 0 saturated heterocycles. The molecule has 0 aliphatic rings. The molecule has 1 aromatic heterocycles. The predicted molar refractivity (Wildman–Crippen MR) is 76.6 cm³/mol. The fourth-order valence-electron chi connectivity index (χ4n) is 2.21. The first-order valence-corrected chi connectivity index (χ1v) is 6.44. The van der Waals surface area contributed by atoms with Gasteiger partial charge in [0.15, 0.2) is 0 Å². The largest absolute Gasteiger partial charge is 0.469 e. The van der Waals surface area contributed by atoms with Crippen LogP contribution < -0.4 is 0 Å². The van der Waals surface area contributed by atoms with Gasteiger partial charge in [-0.05, 0) is 13.0 Å². The normalized spacial score (nSPS) is 10.6. The lowest BCUT2D eigenvalue weighted by Crippen LogP contribution is -2.29. The third-order valence-electron chi connectivity index (χ3n) is 3.33. The van der Waals surface area contributed by atoms with E-state index in [0.717, 1.165) is 16.6 Å². The van der Waals surface area contributed by atoms with Crippen LogP contribution in [0.15, 0.2) is 24.3 Å². The fourth-order valence-corrected chi connectivity index (χ4v) is 2.21. The van der Waals surface area contributed by atoms with Crippen LogP contribution in [0.4, 0.5) is 0 Å². The molecule has 0 saturated carbocycles. The Balaban J connectivity index is 2.22. The van der Waals surface area contributed by atoms with E-state index >= 15 is 0 Å². The van der Waals surface area contributed by atoms with Crippen LogP contribution >= 0.6 is 0 Å². The number of fused-ring (bicyclic) bond motifs is 1. The van der Waals surface area contributed by atoms with Gasteiger partial charge in [-0.25, -0.2) is 0 Å². The van der Waals surface area contributed by atoms with Crippen molar-refractivity contribution in [2.45, 2.75) is 13.3 Å². The number of hydrogen-bond acceptors (Lipinski definition) is 3. The molecule has 0 fully saturated rings. The molecule has 2 aromatic rings. The summed E-state index contributed by atoms with van der Waals surface area (Å²) in [6.45, 7) is 2.21. The molecule has 1 aromatic carbocycles. The zero-order valence-corrected chi connectivity index (χ0v) is 11.9. The van der Waals surface area contributed by atoms with E-state index in [4.69, 9.17) is 0 Å². The third kappa shape index (κ3) is 2.66. The summed E-state index contributed by atoms with van der Waals surface area (Å²) in [5, 5.41) is 0.903. The summed E-state index contributed by atoms with van der Waals surface area (Å²) in [5.74, 6) is -0.413. The van der Waals surface area contributed by atoms with Crippen LogP contribution in [0.1, 0.15) is 22.5 Å². The first-order chi connectivity index (χ1) is 9.54. The molecule has 0 atom stereocenters. The van der Waals surface area contributed by atoms with Gasteiger partial charge in [0.2, 0.25) is 0 Å². The average molecular weight is 274 g/mol. The molecule has 0 radical (unpaired) electrons. The van der Waals surface area contributed by atoms with Crippen LogP contribution in [-0.4, -0.2) is 42.5 Å². The lowest BCUT2D eigenvalue weighted by molar-refractivity contribution is -0.140. The van der Waals surface area contributed by atoms with E-state index in [1.165, 1.54) is 7.11 Å². The van der Waals surface area contributed by atoms with E-state index in [1.54, 1.807) is 11.9 Å². The van der Waals surface area contributed by atoms with Gasteiger partial charge in [0.25, 0.3) is 5.91 Å². The maximum Gasteiger partial charge on any atom is 0.307 e. The number of aromatic nitrogens is 1. The number of aromatic amines is 1. The summed E-state index contributed by atoms with van der Waals surface area (Å²) >= 11 is 0. The number of ether oxygens (including phenoxy) is 1. The molecular formula is C15H18N2O3. The summed E-state index contributed by atoms with van der Waals surface area (Å²) in [7, 11) is 3.03. The SMILES string of the molecule is COC(=O)CCN(C)C(=O)c1c(C)[nH]c2ccccc12. The number of nitrogens with zero attached hydrogens (tertiary/aromatic N) is 1. The van der Waals surface area contributed by atoms with Crippen molar-refractivity contribution in [2.24, 2.45) is 0 Å². The highest BCUT2D eigenvalue weighted by Gasteiger charge is 2.19. The second-order valence-corrected chi connectivity index (χ2v) is 4.72. The van der Waals surface area contributed by atoms with Crippen LogP contribution in [0.2, 0.25) is 0 Å². The summed E-state index contributed by atoms with van der Waals surface area (Å²) in [6.07, 6.45) is 0.195.